The Morgan fingerprint density at radius 2 is 2.10 bits per heavy atom. The molecule has 3 nitrogen and oxygen atoms in total. The van der Waals surface area contributed by atoms with Gasteiger partial charge in [0, 0.05) is 32.0 Å². The zero-order valence-corrected chi connectivity index (χ0v) is 13.1. The van der Waals surface area contributed by atoms with E-state index < -0.39 is 0 Å². The van der Waals surface area contributed by atoms with Crippen LogP contribution in [0.25, 0.3) is 0 Å². The van der Waals surface area contributed by atoms with Crippen LogP contribution in [-0.2, 0) is 6.54 Å². The van der Waals surface area contributed by atoms with Gasteiger partial charge in [0.15, 0.2) is 0 Å². The smallest absolute Gasteiger partial charge is 0.0312 e. The number of rotatable bonds is 7. The fourth-order valence-corrected chi connectivity index (χ4v) is 3.51. The van der Waals surface area contributed by atoms with Crippen molar-refractivity contribution >= 4 is 0 Å². The van der Waals surface area contributed by atoms with E-state index >= 15 is 0 Å². The molecule has 0 aliphatic heterocycles. The molecule has 20 heavy (non-hydrogen) atoms. The van der Waals surface area contributed by atoms with Crippen molar-refractivity contribution in [3.05, 3.63) is 30.1 Å². The lowest BCUT2D eigenvalue weighted by atomic mass is 9.73. The number of nitrogens with one attached hydrogen (secondary N) is 1. The Balaban J connectivity index is 1.92. The Morgan fingerprint density at radius 3 is 2.75 bits per heavy atom. The molecule has 3 heteroatoms. The van der Waals surface area contributed by atoms with Crippen LogP contribution in [0.5, 0.6) is 0 Å². The van der Waals surface area contributed by atoms with Gasteiger partial charge in [0.2, 0.25) is 0 Å². The summed E-state index contributed by atoms with van der Waals surface area (Å²) in [6.07, 6.45) is 10.8. The maximum atomic E-state index is 4.21. The first-order chi connectivity index (χ1) is 9.74. The zero-order chi connectivity index (χ0) is 14.3. The molecule has 112 valence electrons. The van der Waals surface area contributed by atoms with E-state index in [1.807, 2.05) is 18.5 Å². The molecule has 0 bridgehead atoms. The molecule has 1 N–H and O–H groups in total. The van der Waals surface area contributed by atoms with Crippen LogP contribution >= 0.6 is 0 Å². The van der Waals surface area contributed by atoms with Gasteiger partial charge in [0.25, 0.3) is 0 Å². The fraction of sp³-hybridized carbons (Fsp3) is 0.706. The summed E-state index contributed by atoms with van der Waals surface area (Å²) >= 11 is 0. The molecule has 1 aromatic rings. The van der Waals surface area contributed by atoms with E-state index in [1.54, 1.807) is 0 Å². The molecule has 1 aliphatic carbocycles. The summed E-state index contributed by atoms with van der Waals surface area (Å²) in [5, 5.41) is 3.59. The molecular formula is C17H29N3. The lowest BCUT2D eigenvalue weighted by Crippen LogP contribution is -2.44. The highest BCUT2D eigenvalue weighted by Crippen LogP contribution is 2.36. The largest absolute Gasteiger partial charge is 0.316 e. The van der Waals surface area contributed by atoms with Gasteiger partial charge in [-0.15, -0.1) is 0 Å². The zero-order valence-electron chi connectivity index (χ0n) is 13.1. The van der Waals surface area contributed by atoms with Crippen molar-refractivity contribution in [3.8, 4) is 0 Å². The SMILES string of the molecule is CCNCC1(CN(C)Cc2cccnc2)CCCCC1. The van der Waals surface area contributed by atoms with E-state index in [4.69, 9.17) is 0 Å². The molecule has 0 radical (unpaired) electrons. The number of pyridine rings is 1. The van der Waals surface area contributed by atoms with E-state index in [1.165, 1.54) is 50.8 Å². The van der Waals surface area contributed by atoms with E-state index in [2.05, 4.69) is 35.2 Å². The highest BCUT2D eigenvalue weighted by molar-refractivity contribution is 5.08. The number of hydrogen-bond donors (Lipinski definition) is 1. The third kappa shape index (κ3) is 4.57. The standard InChI is InChI=1S/C17H29N3/c1-3-18-14-17(9-5-4-6-10-17)15-20(2)13-16-8-7-11-19-12-16/h7-8,11-12,18H,3-6,9-10,13-15H2,1-2H3. The maximum Gasteiger partial charge on any atom is 0.0312 e. The maximum absolute atomic E-state index is 4.21. The molecule has 0 unspecified atom stereocenters. The first-order valence-electron chi connectivity index (χ1n) is 8.02. The van der Waals surface area contributed by atoms with Gasteiger partial charge in [-0.2, -0.15) is 0 Å². The van der Waals surface area contributed by atoms with Crippen LogP contribution in [0, 0.1) is 5.41 Å². The molecular weight excluding hydrogens is 246 g/mol. The fourth-order valence-electron chi connectivity index (χ4n) is 3.51. The molecule has 1 aromatic heterocycles. The van der Waals surface area contributed by atoms with Crippen LogP contribution in [0.3, 0.4) is 0 Å². The molecule has 1 heterocycles. The Hall–Kier alpha value is -0.930. The van der Waals surface area contributed by atoms with Gasteiger partial charge >= 0.3 is 0 Å². The summed E-state index contributed by atoms with van der Waals surface area (Å²) < 4.78 is 0. The topological polar surface area (TPSA) is 28.2 Å². The van der Waals surface area contributed by atoms with Crippen molar-refractivity contribution in [1.82, 2.24) is 15.2 Å². The molecule has 0 saturated heterocycles. The third-order valence-electron chi connectivity index (χ3n) is 4.44. The summed E-state index contributed by atoms with van der Waals surface area (Å²) in [5.41, 5.74) is 1.79. The number of nitrogens with zero attached hydrogens (tertiary/aromatic N) is 2. The van der Waals surface area contributed by atoms with Gasteiger partial charge in [0.05, 0.1) is 0 Å². The molecule has 1 aliphatic rings. The monoisotopic (exact) mass is 275 g/mol. The summed E-state index contributed by atoms with van der Waals surface area (Å²) in [5.74, 6) is 0. The molecule has 1 saturated carbocycles. The van der Waals surface area contributed by atoms with Crippen molar-refractivity contribution < 1.29 is 0 Å². The summed E-state index contributed by atoms with van der Waals surface area (Å²) in [6.45, 7) is 6.64. The minimum atomic E-state index is 0.477. The van der Waals surface area contributed by atoms with Crippen molar-refractivity contribution in [3.63, 3.8) is 0 Å². The third-order valence-corrected chi connectivity index (χ3v) is 4.44. The second-order valence-electron chi connectivity index (χ2n) is 6.37. The van der Waals surface area contributed by atoms with Gasteiger partial charge in [-0.05, 0) is 43.5 Å². The highest BCUT2D eigenvalue weighted by Gasteiger charge is 2.32. The van der Waals surface area contributed by atoms with Crippen molar-refractivity contribution in [2.75, 3.05) is 26.7 Å². The van der Waals surface area contributed by atoms with Crippen LogP contribution in [0.15, 0.2) is 24.5 Å². The van der Waals surface area contributed by atoms with Gasteiger partial charge < -0.3 is 10.2 Å². The Morgan fingerprint density at radius 1 is 1.30 bits per heavy atom. The van der Waals surface area contributed by atoms with Crippen molar-refractivity contribution in [2.24, 2.45) is 5.41 Å². The first-order valence-corrected chi connectivity index (χ1v) is 8.02. The number of hydrogen-bond acceptors (Lipinski definition) is 3. The van der Waals surface area contributed by atoms with E-state index in [-0.39, 0.29) is 0 Å². The average Bonchev–Trinajstić information content (AvgIpc) is 2.47. The Labute approximate surface area is 123 Å². The Kier molecular flexibility index (Phi) is 5.99. The molecule has 0 spiro atoms. The van der Waals surface area contributed by atoms with Crippen LogP contribution in [0.4, 0.5) is 0 Å². The summed E-state index contributed by atoms with van der Waals surface area (Å²) in [6, 6.07) is 4.19. The predicted octanol–water partition coefficient (Wildman–Crippen LogP) is 3.07. The van der Waals surface area contributed by atoms with Crippen LogP contribution < -0.4 is 5.32 Å². The van der Waals surface area contributed by atoms with Crippen LogP contribution in [0.2, 0.25) is 0 Å². The van der Waals surface area contributed by atoms with E-state index in [0.29, 0.717) is 5.41 Å². The van der Waals surface area contributed by atoms with Gasteiger partial charge in [-0.1, -0.05) is 32.3 Å². The molecule has 0 atom stereocenters. The first kappa shape index (κ1) is 15.5. The van der Waals surface area contributed by atoms with Crippen molar-refractivity contribution in [2.45, 2.75) is 45.6 Å². The van der Waals surface area contributed by atoms with E-state index in [0.717, 1.165) is 13.1 Å². The lowest BCUT2D eigenvalue weighted by molar-refractivity contribution is 0.114. The van der Waals surface area contributed by atoms with Gasteiger partial charge in [-0.25, -0.2) is 0 Å². The van der Waals surface area contributed by atoms with Gasteiger partial charge in [-0.3, -0.25) is 4.98 Å². The Bertz CT molecular complexity index is 371. The summed E-state index contributed by atoms with van der Waals surface area (Å²) in [4.78, 5) is 6.68. The second kappa shape index (κ2) is 7.75. The second-order valence-corrected chi connectivity index (χ2v) is 6.37. The summed E-state index contributed by atoms with van der Waals surface area (Å²) in [7, 11) is 2.25. The molecule has 0 aromatic carbocycles. The average molecular weight is 275 g/mol. The highest BCUT2D eigenvalue weighted by atomic mass is 15.1. The minimum Gasteiger partial charge on any atom is -0.316 e. The molecule has 2 rings (SSSR count). The van der Waals surface area contributed by atoms with Crippen molar-refractivity contribution in [1.29, 1.82) is 0 Å². The lowest BCUT2D eigenvalue weighted by Gasteiger charge is -2.40. The normalized spacial score (nSPS) is 18.4. The van der Waals surface area contributed by atoms with E-state index in [9.17, 15) is 0 Å². The molecule has 0 amide bonds. The predicted molar refractivity (Wildman–Crippen MR) is 84.6 cm³/mol. The van der Waals surface area contributed by atoms with Crippen LogP contribution in [-0.4, -0.2) is 36.6 Å². The quantitative estimate of drug-likeness (QED) is 0.829. The molecule has 1 fully saturated rings. The number of aromatic nitrogens is 1. The minimum absolute atomic E-state index is 0.477. The van der Waals surface area contributed by atoms with Crippen LogP contribution in [0.1, 0.15) is 44.6 Å². The van der Waals surface area contributed by atoms with Gasteiger partial charge in [0.1, 0.15) is 0 Å².